The monoisotopic (exact) mass is 620 g/mol. The van der Waals surface area contributed by atoms with Crippen LogP contribution in [0.25, 0.3) is 0 Å². The summed E-state index contributed by atoms with van der Waals surface area (Å²) in [5.74, 6) is -0.243. The summed E-state index contributed by atoms with van der Waals surface area (Å²) in [7, 11) is -6.04. The van der Waals surface area contributed by atoms with Gasteiger partial charge in [-0.2, -0.15) is 17.2 Å². The Morgan fingerprint density at radius 3 is 2.05 bits per heavy atom. The summed E-state index contributed by atoms with van der Waals surface area (Å²) in [4.78, 5) is 24.8. The molecule has 0 aromatic rings. The van der Waals surface area contributed by atoms with Crippen LogP contribution in [0.4, 0.5) is 8.78 Å². The Kier molecular flexibility index (Phi) is 7.32. The fourth-order valence-electron chi connectivity index (χ4n) is 10.7. The van der Waals surface area contributed by atoms with Crippen LogP contribution in [0.3, 0.4) is 0 Å². The molecule has 2 N–H and O–H groups in total. The zero-order valence-electron chi connectivity index (χ0n) is 24.2. The van der Waals surface area contributed by atoms with Gasteiger partial charge in [0.25, 0.3) is 0 Å². The Balaban J connectivity index is 1.04. The van der Waals surface area contributed by atoms with Crippen molar-refractivity contribution in [2.75, 3.05) is 19.8 Å². The number of carbonyl (C=O) groups excluding carboxylic acids is 2. The third-order valence-electron chi connectivity index (χ3n) is 11.3. The van der Waals surface area contributed by atoms with Crippen molar-refractivity contribution in [2.24, 2.45) is 35.5 Å². The van der Waals surface area contributed by atoms with E-state index in [1.54, 1.807) is 0 Å². The van der Waals surface area contributed by atoms with Crippen LogP contribution >= 0.6 is 0 Å². The summed E-state index contributed by atoms with van der Waals surface area (Å²) < 4.78 is 82.0. The molecule has 10 nitrogen and oxygen atoms in total. The number of hydrogen-bond donors (Lipinski definition) is 2. The SMILES string of the molecule is CC(C)C1(OCCOC(=O)COC23CC4CC(O)(C2)CC(OC(=O)C(F)(F)S(=O)(=O)O)(C4)C3)C2CC3CC(C2)CC1C3. The van der Waals surface area contributed by atoms with Crippen LogP contribution in [0.15, 0.2) is 0 Å². The van der Waals surface area contributed by atoms with Gasteiger partial charge in [-0.15, -0.1) is 0 Å². The Morgan fingerprint density at radius 1 is 0.881 bits per heavy atom. The van der Waals surface area contributed by atoms with Crippen LogP contribution < -0.4 is 0 Å². The second-order valence-corrected chi connectivity index (χ2v) is 16.1. The molecule has 8 rings (SSSR count). The Labute approximate surface area is 244 Å². The highest BCUT2D eigenvalue weighted by atomic mass is 32.2. The third-order valence-corrected chi connectivity index (χ3v) is 12.1. The number of halogens is 2. The fourth-order valence-corrected chi connectivity index (χ4v) is 11.0. The lowest BCUT2D eigenvalue weighted by Crippen LogP contribution is -2.68. The van der Waals surface area contributed by atoms with Gasteiger partial charge in [-0.05, 0) is 86.9 Å². The summed E-state index contributed by atoms with van der Waals surface area (Å²) in [5.41, 5.74) is -4.34. The minimum Gasteiger partial charge on any atom is -0.462 e. The molecule has 42 heavy (non-hydrogen) atoms. The van der Waals surface area contributed by atoms with Crippen molar-refractivity contribution < 1.29 is 55.4 Å². The van der Waals surface area contributed by atoms with Crippen molar-refractivity contribution in [3.8, 4) is 0 Å². The molecular formula is C29H42F2O10S. The lowest BCUT2D eigenvalue weighted by Gasteiger charge is -2.63. The molecule has 4 atom stereocenters. The zero-order chi connectivity index (χ0) is 30.3. The van der Waals surface area contributed by atoms with Crippen LogP contribution in [0, 0.1) is 35.5 Å². The van der Waals surface area contributed by atoms with Gasteiger partial charge in [0.15, 0.2) is 0 Å². The van der Waals surface area contributed by atoms with Crippen molar-refractivity contribution in [1.29, 1.82) is 0 Å². The molecule has 8 bridgehead atoms. The van der Waals surface area contributed by atoms with E-state index < -0.39 is 50.7 Å². The van der Waals surface area contributed by atoms with Crippen molar-refractivity contribution in [2.45, 2.75) is 112 Å². The average molecular weight is 621 g/mol. The number of ether oxygens (including phenoxy) is 4. The Bertz CT molecular complexity index is 1190. The van der Waals surface area contributed by atoms with E-state index in [0.717, 1.165) is 11.8 Å². The third kappa shape index (κ3) is 5.08. The lowest BCUT2D eigenvalue weighted by atomic mass is 9.47. The van der Waals surface area contributed by atoms with Gasteiger partial charge in [0.05, 0.1) is 23.4 Å². The molecule has 0 radical (unpaired) electrons. The molecule has 0 spiro atoms. The topological polar surface area (TPSA) is 146 Å². The summed E-state index contributed by atoms with van der Waals surface area (Å²) in [6.45, 7) is 4.33. The van der Waals surface area contributed by atoms with E-state index in [4.69, 9.17) is 23.5 Å². The van der Waals surface area contributed by atoms with Crippen molar-refractivity contribution in [3.05, 3.63) is 0 Å². The van der Waals surface area contributed by atoms with Crippen molar-refractivity contribution in [1.82, 2.24) is 0 Å². The van der Waals surface area contributed by atoms with Crippen LogP contribution in [0.1, 0.15) is 84.5 Å². The fraction of sp³-hybridized carbons (Fsp3) is 0.931. The second kappa shape index (κ2) is 10.1. The summed E-state index contributed by atoms with van der Waals surface area (Å²) in [5, 5.41) is 6.02. The van der Waals surface area contributed by atoms with Gasteiger partial charge in [-0.3, -0.25) is 4.55 Å². The van der Waals surface area contributed by atoms with E-state index in [9.17, 15) is 31.9 Å². The minimum atomic E-state index is -6.04. The van der Waals surface area contributed by atoms with Crippen molar-refractivity contribution >= 4 is 22.1 Å². The summed E-state index contributed by atoms with van der Waals surface area (Å²) in [6.07, 6.45) is 6.92. The molecule has 8 saturated carbocycles. The van der Waals surface area contributed by atoms with Gasteiger partial charge in [-0.25, -0.2) is 9.59 Å². The normalized spacial score (nSPS) is 43.6. The molecule has 0 aliphatic heterocycles. The smallest absolute Gasteiger partial charge is 0.462 e. The average Bonchev–Trinajstić information content (AvgIpc) is 2.84. The van der Waals surface area contributed by atoms with Crippen LogP contribution in [0.2, 0.25) is 0 Å². The first kappa shape index (κ1) is 30.6. The number of esters is 2. The van der Waals surface area contributed by atoms with E-state index in [-0.39, 0.29) is 50.4 Å². The summed E-state index contributed by atoms with van der Waals surface area (Å²) >= 11 is 0. The molecule has 0 heterocycles. The van der Waals surface area contributed by atoms with Crippen LogP contribution in [-0.4, -0.2) is 77.5 Å². The van der Waals surface area contributed by atoms with E-state index >= 15 is 0 Å². The molecule has 238 valence electrons. The number of hydrogen-bond acceptors (Lipinski definition) is 9. The molecule has 8 aliphatic rings. The summed E-state index contributed by atoms with van der Waals surface area (Å²) in [6, 6.07) is 0. The maximum absolute atomic E-state index is 14.0. The van der Waals surface area contributed by atoms with E-state index in [1.807, 2.05) is 0 Å². The largest absolute Gasteiger partial charge is 0.465 e. The predicted octanol–water partition coefficient (Wildman–Crippen LogP) is 3.64. The minimum absolute atomic E-state index is 0.0643. The molecule has 0 saturated heterocycles. The molecule has 8 fully saturated rings. The van der Waals surface area contributed by atoms with Gasteiger partial charge in [-0.1, -0.05) is 13.8 Å². The van der Waals surface area contributed by atoms with E-state index in [1.165, 1.54) is 32.1 Å². The number of alkyl halides is 2. The predicted molar refractivity (Wildman–Crippen MR) is 142 cm³/mol. The number of rotatable bonds is 11. The van der Waals surface area contributed by atoms with E-state index in [2.05, 4.69) is 13.8 Å². The number of aliphatic hydroxyl groups is 1. The molecule has 4 unspecified atom stereocenters. The highest BCUT2D eigenvalue weighted by Crippen LogP contribution is 2.63. The van der Waals surface area contributed by atoms with Crippen molar-refractivity contribution in [3.63, 3.8) is 0 Å². The molecule has 0 aromatic heterocycles. The Hall–Kier alpha value is -1.41. The lowest BCUT2D eigenvalue weighted by molar-refractivity contribution is -0.277. The molecule has 13 heteroatoms. The van der Waals surface area contributed by atoms with Crippen LogP contribution in [0.5, 0.6) is 0 Å². The molecular weight excluding hydrogens is 578 g/mol. The maximum Gasteiger partial charge on any atom is 0.465 e. The first-order valence-corrected chi connectivity index (χ1v) is 16.7. The van der Waals surface area contributed by atoms with E-state index in [0.29, 0.717) is 30.6 Å². The highest BCUT2D eigenvalue weighted by Gasteiger charge is 2.67. The van der Waals surface area contributed by atoms with Gasteiger partial charge < -0.3 is 24.1 Å². The zero-order valence-corrected chi connectivity index (χ0v) is 25.0. The Morgan fingerprint density at radius 2 is 1.48 bits per heavy atom. The first-order valence-electron chi connectivity index (χ1n) is 15.2. The molecule has 0 amide bonds. The van der Waals surface area contributed by atoms with Gasteiger partial charge in [0, 0.05) is 19.3 Å². The second-order valence-electron chi connectivity index (χ2n) is 14.7. The quantitative estimate of drug-likeness (QED) is 0.199. The molecule has 8 aliphatic carbocycles. The first-order chi connectivity index (χ1) is 19.5. The van der Waals surface area contributed by atoms with Crippen LogP contribution in [-0.2, 0) is 38.7 Å². The van der Waals surface area contributed by atoms with Gasteiger partial charge in [0.1, 0.15) is 18.8 Å². The molecule has 0 aromatic carbocycles. The number of carbonyl (C=O) groups is 2. The van der Waals surface area contributed by atoms with Gasteiger partial charge >= 0.3 is 27.3 Å². The maximum atomic E-state index is 14.0. The van der Waals surface area contributed by atoms with Gasteiger partial charge in [0.2, 0.25) is 0 Å². The standard InChI is InChI=1S/C29H42F2O10S/c1-17(2)28(21-6-18-5-19(8-21)9-22(28)7-18)39-4-3-38-23(32)13-40-26-11-20-10-25(34,14-26)15-27(12-20,16-26)41-24(33)29(30,31)42(35,36)37/h17-22,34H,3-16H2,1-2H3,(H,35,36,37). The highest BCUT2D eigenvalue weighted by molar-refractivity contribution is 7.87.